The van der Waals surface area contributed by atoms with Gasteiger partial charge in [0.2, 0.25) is 0 Å². The summed E-state index contributed by atoms with van der Waals surface area (Å²) < 4.78 is 11.1. The van der Waals surface area contributed by atoms with Gasteiger partial charge >= 0.3 is 0 Å². The predicted molar refractivity (Wildman–Crippen MR) is 65.7 cm³/mol. The molecule has 5 heteroatoms. The van der Waals surface area contributed by atoms with Crippen molar-refractivity contribution in [3.8, 4) is 11.5 Å². The van der Waals surface area contributed by atoms with E-state index in [1.54, 1.807) is 6.07 Å². The first kappa shape index (κ1) is 12.5. The van der Waals surface area contributed by atoms with Crippen LogP contribution in [0.1, 0.15) is 24.4 Å². The van der Waals surface area contributed by atoms with Crippen molar-refractivity contribution < 1.29 is 14.6 Å². The fourth-order valence-electron chi connectivity index (χ4n) is 1.77. The quantitative estimate of drug-likeness (QED) is 0.868. The number of rotatable bonds is 3. The number of fused-ring (bicyclic) bond motifs is 1. The summed E-state index contributed by atoms with van der Waals surface area (Å²) in [6.07, 6.45) is 1.33. The number of aliphatic hydroxyl groups is 1. The van der Waals surface area contributed by atoms with Crippen molar-refractivity contribution in [1.82, 2.24) is 0 Å². The molecule has 0 radical (unpaired) electrons. The first-order valence-electron chi connectivity index (χ1n) is 5.68. The van der Waals surface area contributed by atoms with Gasteiger partial charge in [0.15, 0.2) is 11.5 Å². The van der Waals surface area contributed by atoms with Crippen molar-refractivity contribution >= 4 is 11.6 Å². The molecule has 0 spiro atoms. The van der Waals surface area contributed by atoms with E-state index in [1.165, 1.54) is 0 Å². The SMILES string of the molecule is NC(CCO)c1cc(Cl)c2c(c1)OCCCO2. The van der Waals surface area contributed by atoms with E-state index in [4.69, 9.17) is 31.9 Å². The van der Waals surface area contributed by atoms with E-state index in [-0.39, 0.29) is 12.6 Å². The van der Waals surface area contributed by atoms with E-state index in [0.29, 0.717) is 36.2 Å². The molecule has 1 aliphatic rings. The van der Waals surface area contributed by atoms with Crippen LogP contribution in [0.15, 0.2) is 12.1 Å². The van der Waals surface area contributed by atoms with E-state index in [1.807, 2.05) is 6.07 Å². The standard InChI is InChI=1S/C12H16ClNO3/c13-9-6-8(10(14)2-3-15)7-11-12(9)17-5-1-4-16-11/h6-7,10,15H,1-5,14H2. The normalized spacial score (nSPS) is 16.4. The monoisotopic (exact) mass is 257 g/mol. The lowest BCUT2D eigenvalue weighted by Gasteiger charge is -2.15. The predicted octanol–water partition coefficient (Wildman–Crippen LogP) is 1.88. The summed E-state index contributed by atoms with van der Waals surface area (Å²) in [5.74, 6) is 1.22. The van der Waals surface area contributed by atoms with Crippen LogP contribution in [0.25, 0.3) is 0 Å². The zero-order chi connectivity index (χ0) is 12.3. The van der Waals surface area contributed by atoms with E-state index in [9.17, 15) is 0 Å². The highest BCUT2D eigenvalue weighted by Crippen LogP contribution is 2.39. The Bertz CT molecular complexity index is 398. The minimum absolute atomic E-state index is 0.0488. The average molecular weight is 258 g/mol. The maximum Gasteiger partial charge on any atom is 0.179 e. The summed E-state index contributed by atoms with van der Waals surface area (Å²) in [7, 11) is 0. The zero-order valence-corrected chi connectivity index (χ0v) is 10.2. The zero-order valence-electron chi connectivity index (χ0n) is 9.49. The van der Waals surface area contributed by atoms with E-state index in [0.717, 1.165) is 12.0 Å². The van der Waals surface area contributed by atoms with E-state index < -0.39 is 0 Å². The van der Waals surface area contributed by atoms with Crippen LogP contribution in [0.5, 0.6) is 11.5 Å². The highest BCUT2D eigenvalue weighted by Gasteiger charge is 2.17. The smallest absolute Gasteiger partial charge is 0.179 e. The highest BCUT2D eigenvalue weighted by atomic mass is 35.5. The lowest BCUT2D eigenvalue weighted by Crippen LogP contribution is -2.12. The first-order valence-corrected chi connectivity index (χ1v) is 6.05. The molecule has 0 saturated heterocycles. The molecule has 0 aliphatic carbocycles. The van der Waals surface area contributed by atoms with Gasteiger partial charge in [0, 0.05) is 19.1 Å². The van der Waals surface area contributed by atoms with Crippen LogP contribution in [0.2, 0.25) is 5.02 Å². The van der Waals surface area contributed by atoms with Crippen LogP contribution >= 0.6 is 11.6 Å². The fourth-order valence-corrected chi connectivity index (χ4v) is 2.04. The minimum Gasteiger partial charge on any atom is -0.489 e. The second-order valence-electron chi connectivity index (χ2n) is 4.00. The molecule has 2 rings (SSSR count). The molecule has 1 unspecified atom stereocenters. The van der Waals surface area contributed by atoms with Gasteiger partial charge < -0.3 is 20.3 Å². The average Bonchev–Trinajstić information content (AvgIpc) is 2.54. The summed E-state index contributed by atoms with van der Waals surface area (Å²) in [5.41, 5.74) is 6.79. The Morgan fingerprint density at radius 3 is 2.88 bits per heavy atom. The molecular weight excluding hydrogens is 242 g/mol. The Labute approximate surface area is 105 Å². The first-order chi connectivity index (χ1) is 8.22. The number of ether oxygens (including phenoxy) is 2. The number of hydrogen-bond acceptors (Lipinski definition) is 4. The lowest BCUT2D eigenvalue weighted by atomic mass is 10.0. The van der Waals surface area contributed by atoms with Crippen LogP contribution in [-0.2, 0) is 0 Å². The molecule has 0 fully saturated rings. The molecule has 94 valence electrons. The van der Waals surface area contributed by atoms with Crippen molar-refractivity contribution in [3.05, 3.63) is 22.7 Å². The summed E-state index contributed by atoms with van der Waals surface area (Å²) in [6, 6.07) is 3.37. The molecule has 0 saturated carbocycles. The van der Waals surface area contributed by atoms with Gasteiger partial charge in [0.05, 0.1) is 18.2 Å². The van der Waals surface area contributed by atoms with Crippen LogP contribution in [0.4, 0.5) is 0 Å². The van der Waals surface area contributed by atoms with Crippen LogP contribution < -0.4 is 15.2 Å². The molecule has 1 atom stereocenters. The number of halogens is 1. The molecule has 1 aromatic carbocycles. The molecule has 1 aromatic rings. The number of nitrogens with two attached hydrogens (primary N) is 1. The topological polar surface area (TPSA) is 64.7 Å². The summed E-state index contributed by atoms with van der Waals surface area (Å²) in [6.45, 7) is 1.27. The van der Waals surface area contributed by atoms with Gasteiger partial charge in [-0.05, 0) is 24.1 Å². The van der Waals surface area contributed by atoms with Crippen LogP contribution in [0.3, 0.4) is 0 Å². The van der Waals surface area contributed by atoms with Crippen molar-refractivity contribution in [3.63, 3.8) is 0 Å². The van der Waals surface area contributed by atoms with Crippen molar-refractivity contribution in [2.75, 3.05) is 19.8 Å². The largest absolute Gasteiger partial charge is 0.489 e. The maximum absolute atomic E-state index is 8.88. The minimum atomic E-state index is -0.241. The summed E-state index contributed by atoms with van der Waals surface area (Å²) in [4.78, 5) is 0. The van der Waals surface area contributed by atoms with Gasteiger partial charge in [0.25, 0.3) is 0 Å². The Hall–Kier alpha value is -0.970. The molecule has 0 amide bonds. The molecule has 1 aliphatic heterocycles. The van der Waals surface area contributed by atoms with E-state index >= 15 is 0 Å². The van der Waals surface area contributed by atoms with Crippen molar-refractivity contribution in [1.29, 1.82) is 0 Å². The summed E-state index contributed by atoms with van der Waals surface area (Å²) in [5, 5.41) is 9.39. The molecular formula is C12H16ClNO3. The summed E-state index contributed by atoms with van der Waals surface area (Å²) >= 11 is 6.14. The molecule has 3 N–H and O–H groups in total. The lowest BCUT2D eigenvalue weighted by molar-refractivity contribution is 0.276. The molecule has 1 heterocycles. The van der Waals surface area contributed by atoms with Crippen molar-refractivity contribution in [2.24, 2.45) is 5.73 Å². The maximum atomic E-state index is 8.88. The van der Waals surface area contributed by atoms with Gasteiger partial charge in [-0.1, -0.05) is 11.6 Å². The molecule has 0 bridgehead atoms. The van der Waals surface area contributed by atoms with Crippen molar-refractivity contribution in [2.45, 2.75) is 18.9 Å². The third-order valence-electron chi connectivity index (χ3n) is 2.69. The van der Waals surface area contributed by atoms with Crippen LogP contribution in [-0.4, -0.2) is 24.9 Å². The van der Waals surface area contributed by atoms with Gasteiger partial charge in [-0.2, -0.15) is 0 Å². The Kier molecular flexibility index (Phi) is 4.10. The Balaban J connectivity index is 2.31. The second-order valence-corrected chi connectivity index (χ2v) is 4.41. The van der Waals surface area contributed by atoms with Crippen LogP contribution in [0, 0.1) is 0 Å². The molecule has 17 heavy (non-hydrogen) atoms. The van der Waals surface area contributed by atoms with Gasteiger partial charge in [-0.15, -0.1) is 0 Å². The van der Waals surface area contributed by atoms with Gasteiger partial charge in [-0.25, -0.2) is 0 Å². The van der Waals surface area contributed by atoms with E-state index in [2.05, 4.69) is 0 Å². The number of hydrogen-bond donors (Lipinski definition) is 2. The van der Waals surface area contributed by atoms with Gasteiger partial charge in [0.1, 0.15) is 0 Å². The highest BCUT2D eigenvalue weighted by molar-refractivity contribution is 6.32. The third kappa shape index (κ3) is 2.83. The number of aliphatic hydroxyl groups excluding tert-OH is 1. The number of benzene rings is 1. The molecule has 0 aromatic heterocycles. The second kappa shape index (κ2) is 5.58. The third-order valence-corrected chi connectivity index (χ3v) is 2.97. The Morgan fingerprint density at radius 2 is 2.12 bits per heavy atom. The Morgan fingerprint density at radius 1 is 1.35 bits per heavy atom. The molecule has 4 nitrogen and oxygen atoms in total. The van der Waals surface area contributed by atoms with Gasteiger partial charge in [-0.3, -0.25) is 0 Å². The fraction of sp³-hybridized carbons (Fsp3) is 0.500.